The van der Waals surface area contributed by atoms with E-state index in [0.717, 1.165) is 5.56 Å². The van der Waals surface area contributed by atoms with Crippen LogP contribution in [0.25, 0.3) is 6.08 Å². The molecule has 1 rings (SSSR count). The molecule has 1 aromatic rings. The summed E-state index contributed by atoms with van der Waals surface area (Å²) in [5.41, 5.74) is 0.810. The fourth-order valence-corrected chi connectivity index (χ4v) is 1.38. The lowest BCUT2D eigenvalue weighted by atomic mass is 10.2. The van der Waals surface area contributed by atoms with Gasteiger partial charge in [-0.05, 0) is 44.5 Å². The Morgan fingerprint density at radius 1 is 1.43 bits per heavy atom. The summed E-state index contributed by atoms with van der Waals surface area (Å²) in [4.78, 5) is 25.9. The van der Waals surface area contributed by atoms with E-state index in [2.05, 4.69) is 15.6 Å². The summed E-state index contributed by atoms with van der Waals surface area (Å²) >= 11 is 0. The molecule has 0 aliphatic heterocycles. The fraction of sp³-hybridized carbons (Fsp3) is 0.357. The van der Waals surface area contributed by atoms with E-state index in [9.17, 15) is 9.59 Å². The van der Waals surface area contributed by atoms with Gasteiger partial charge in [0.05, 0.1) is 12.2 Å². The summed E-state index contributed by atoms with van der Waals surface area (Å²) in [7, 11) is 0. The molecule has 0 saturated carbocycles. The minimum atomic E-state index is -1.11. The van der Waals surface area contributed by atoms with Crippen LogP contribution < -0.4 is 10.6 Å². The molecule has 2 amide bonds. The number of ether oxygens (including phenoxy) is 1. The van der Waals surface area contributed by atoms with Gasteiger partial charge in [0.25, 0.3) is 0 Å². The van der Waals surface area contributed by atoms with Crippen LogP contribution in [0.4, 0.5) is 9.59 Å². The highest BCUT2D eigenvalue weighted by Gasteiger charge is 2.14. The molecule has 0 radical (unpaired) electrons. The minimum Gasteiger partial charge on any atom is -0.465 e. The van der Waals surface area contributed by atoms with Crippen LogP contribution in [0.1, 0.15) is 32.0 Å². The predicted octanol–water partition coefficient (Wildman–Crippen LogP) is 2.34. The van der Waals surface area contributed by atoms with Gasteiger partial charge in [0.1, 0.15) is 5.60 Å². The number of rotatable bonds is 4. The van der Waals surface area contributed by atoms with Gasteiger partial charge in [0.2, 0.25) is 0 Å². The third-order valence-electron chi connectivity index (χ3n) is 2.14. The Hall–Kier alpha value is -2.57. The zero-order valence-corrected chi connectivity index (χ0v) is 12.2. The Balaban J connectivity index is 2.54. The van der Waals surface area contributed by atoms with E-state index in [4.69, 9.17) is 9.84 Å². The molecule has 1 aromatic heterocycles. The highest BCUT2D eigenvalue weighted by atomic mass is 16.6. The maximum Gasteiger partial charge on any atom is 0.411 e. The van der Waals surface area contributed by atoms with Crippen LogP contribution in [-0.2, 0) is 11.3 Å². The lowest BCUT2D eigenvalue weighted by Gasteiger charge is -2.18. The van der Waals surface area contributed by atoms with Crippen molar-refractivity contribution in [3.8, 4) is 0 Å². The van der Waals surface area contributed by atoms with Crippen LogP contribution in [0.3, 0.4) is 0 Å². The number of hydrogen-bond donors (Lipinski definition) is 3. The number of nitrogens with one attached hydrogen (secondary N) is 2. The van der Waals surface area contributed by atoms with Gasteiger partial charge in [-0.25, -0.2) is 9.59 Å². The topological polar surface area (TPSA) is 101 Å². The molecule has 0 saturated heterocycles. The Bertz CT molecular complexity index is 535. The van der Waals surface area contributed by atoms with Gasteiger partial charge in [0.15, 0.2) is 0 Å². The predicted molar refractivity (Wildman–Crippen MR) is 77.5 cm³/mol. The van der Waals surface area contributed by atoms with Crippen LogP contribution in [-0.4, -0.2) is 27.9 Å². The van der Waals surface area contributed by atoms with Gasteiger partial charge in [0, 0.05) is 12.4 Å². The van der Waals surface area contributed by atoms with Crippen LogP contribution in [0.2, 0.25) is 0 Å². The van der Waals surface area contributed by atoms with Gasteiger partial charge in [-0.2, -0.15) is 0 Å². The van der Waals surface area contributed by atoms with Gasteiger partial charge >= 0.3 is 12.2 Å². The molecule has 0 atom stereocenters. The molecule has 21 heavy (non-hydrogen) atoms. The second-order valence-corrected chi connectivity index (χ2v) is 5.22. The standard InChI is InChI=1S/C14H19N3O4/c1-14(2,3)21-13(20)16-7-5-10-4-6-15-11(8-10)9-17-12(18)19/h4-8,17H,9H2,1-3H3,(H,16,20)(H,18,19). The second kappa shape index (κ2) is 7.28. The molecular formula is C14H19N3O4. The summed E-state index contributed by atoms with van der Waals surface area (Å²) < 4.78 is 5.08. The summed E-state index contributed by atoms with van der Waals surface area (Å²) in [5.74, 6) is 0. The zero-order chi connectivity index (χ0) is 15.9. The Labute approximate surface area is 123 Å². The van der Waals surface area contributed by atoms with Crippen LogP contribution >= 0.6 is 0 Å². The van der Waals surface area contributed by atoms with Crippen molar-refractivity contribution in [2.75, 3.05) is 0 Å². The van der Waals surface area contributed by atoms with Crippen LogP contribution in [0, 0.1) is 0 Å². The van der Waals surface area contributed by atoms with Crippen molar-refractivity contribution in [2.45, 2.75) is 32.9 Å². The molecule has 114 valence electrons. The van der Waals surface area contributed by atoms with Gasteiger partial charge in [-0.15, -0.1) is 0 Å². The monoisotopic (exact) mass is 293 g/mol. The number of aromatic nitrogens is 1. The lowest BCUT2D eigenvalue weighted by molar-refractivity contribution is 0.0552. The Morgan fingerprint density at radius 3 is 2.76 bits per heavy atom. The normalized spacial score (nSPS) is 11.2. The number of amides is 2. The van der Waals surface area contributed by atoms with E-state index in [1.807, 2.05) is 0 Å². The quantitative estimate of drug-likeness (QED) is 0.791. The largest absolute Gasteiger partial charge is 0.465 e. The number of carbonyl (C=O) groups is 2. The lowest BCUT2D eigenvalue weighted by Crippen LogP contribution is -2.29. The Kier molecular flexibility index (Phi) is 5.71. The van der Waals surface area contributed by atoms with Crippen LogP contribution in [0.5, 0.6) is 0 Å². The minimum absolute atomic E-state index is 0.122. The molecule has 0 aliphatic carbocycles. The van der Waals surface area contributed by atoms with Crippen molar-refractivity contribution >= 4 is 18.3 Å². The number of alkyl carbamates (subject to hydrolysis) is 1. The summed E-state index contributed by atoms with van der Waals surface area (Å²) in [5, 5.41) is 13.2. The van der Waals surface area contributed by atoms with Crippen LogP contribution in [0.15, 0.2) is 24.5 Å². The average molecular weight is 293 g/mol. The third-order valence-corrected chi connectivity index (χ3v) is 2.14. The number of nitrogens with zero attached hydrogens (tertiary/aromatic N) is 1. The molecule has 7 heteroatoms. The van der Waals surface area contributed by atoms with Crippen molar-refractivity contribution in [3.63, 3.8) is 0 Å². The first-order valence-corrected chi connectivity index (χ1v) is 6.34. The molecule has 7 nitrogen and oxygen atoms in total. The van der Waals surface area contributed by atoms with Crippen molar-refractivity contribution < 1.29 is 19.4 Å². The highest BCUT2D eigenvalue weighted by Crippen LogP contribution is 2.07. The van der Waals surface area contributed by atoms with E-state index in [1.165, 1.54) is 6.20 Å². The molecule has 0 spiro atoms. The first-order valence-electron chi connectivity index (χ1n) is 6.34. The van der Waals surface area contributed by atoms with Gasteiger partial charge in [-0.3, -0.25) is 10.3 Å². The first kappa shape index (κ1) is 16.5. The summed E-state index contributed by atoms with van der Waals surface area (Å²) in [6.45, 7) is 5.46. The summed E-state index contributed by atoms with van der Waals surface area (Å²) in [6.07, 6.45) is 3.03. The molecule has 0 bridgehead atoms. The van der Waals surface area contributed by atoms with Crippen molar-refractivity contribution in [1.29, 1.82) is 0 Å². The number of hydrogen-bond acceptors (Lipinski definition) is 4. The van der Waals surface area contributed by atoms with Gasteiger partial charge < -0.3 is 15.2 Å². The molecule has 3 N–H and O–H groups in total. The maximum atomic E-state index is 11.4. The van der Waals surface area contributed by atoms with E-state index in [1.54, 1.807) is 45.2 Å². The van der Waals surface area contributed by atoms with E-state index in [-0.39, 0.29) is 6.54 Å². The SMILES string of the molecule is CC(C)(C)OC(=O)NC=Cc1ccnc(CNC(=O)O)c1. The van der Waals surface area contributed by atoms with Crippen molar-refractivity contribution in [2.24, 2.45) is 0 Å². The molecule has 0 fully saturated rings. The first-order chi connectivity index (χ1) is 9.76. The van der Waals surface area contributed by atoms with Crippen molar-refractivity contribution in [1.82, 2.24) is 15.6 Å². The number of pyridine rings is 1. The fourth-order valence-electron chi connectivity index (χ4n) is 1.38. The van der Waals surface area contributed by atoms with Gasteiger partial charge in [-0.1, -0.05) is 0 Å². The molecule has 0 aliphatic rings. The second-order valence-electron chi connectivity index (χ2n) is 5.22. The highest BCUT2D eigenvalue weighted by molar-refractivity contribution is 5.70. The smallest absolute Gasteiger partial charge is 0.411 e. The Morgan fingerprint density at radius 2 is 2.14 bits per heavy atom. The summed E-state index contributed by atoms with van der Waals surface area (Å²) in [6, 6.07) is 3.45. The zero-order valence-electron chi connectivity index (χ0n) is 12.2. The number of carbonyl (C=O) groups excluding carboxylic acids is 1. The van der Waals surface area contributed by atoms with Crippen molar-refractivity contribution in [3.05, 3.63) is 35.8 Å². The number of carboxylic acid groups (broad SMARTS) is 1. The molecule has 0 unspecified atom stereocenters. The molecule has 0 aromatic carbocycles. The van der Waals surface area contributed by atoms with E-state index < -0.39 is 17.8 Å². The average Bonchev–Trinajstić information content (AvgIpc) is 2.34. The molecular weight excluding hydrogens is 274 g/mol. The maximum absolute atomic E-state index is 11.4. The van der Waals surface area contributed by atoms with E-state index >= 15 is 0 Å². The molecule has 1 heterocycles. The third kappa shape index (κ3) is 7.56. The van der Waals surface area contributed by atoms with E-state index in [0.29, 0.717) is 5.69 Å².